The molecule has 0 radical (unpaired) electrons. The van der Waals surface area contributed by atoms with E-state index in [1.807, 2.05) is 0 Å². The molecule has 1 fully saturated rings. The van der Waals surface area contributed by atoms with Gasteiger partial charge in [0.2, 0.25) is 0 Å². The Morgan fingerprint density at radius 3 is 2.36 bits per heavy atom. The van der Waals surface area contributed by atoms with Crippen molar-refractivity contribution in [1.29, 1.82) is 0 Å². The van der Waals surface area contributed by atoms with Crippen LogP contribution in [0.1, 0.15) is 30.9 Å². The fourth-order valence-corrected chi connectivity index (χ4v) is 2.52. The molecule has 0 amide bonds. The lowest BCUT2D eigenvalue weighted by Gasteiger charge is -2.37. The minimum atomic E-state index is -4.33. The molecule has 1 heterocycles. The van der Waals surface area contributed by atoms with Gasteiger partial charge in [-0.15, -0.1) is 6.58 Å². The predicted octanol–water partition coefficient (Wildman–Crippen LogP) is 4.20. The molecule has 0 bridgehead atoms. The first kappa shape index (κ1) is 16.8. The van der Waals surface area contributed by atoms with Gasteiger partial charge in [0.05, 0.1) is 23.4 Å². The van der Waals surface area contributed by atoms with Crippen molar-refractivity contribution in [1.82, 2.24) is 0 Å². The van der Waals surface area contributed by atoms with Gasteiger partial charge < -0.3 is 9.84 Å². The van der Waals surface area contributed by atoms with Gasteiger partial charge in [0, 0.05) is 12.8 Å². The molecule has 0 aliphatic carbocycles. The molecule has 0 aromatic heterocycles. The molecule has 0 spiro atoms. The van der Waals surface area contributed by atoms with Crippen LogP contribution in [0.2, 0.25) is 0 Å². The van der Waals surface area contributed by atoms with Crippen LogP contribution in [0.3, 0.4) is 0 Å². The summed E-state index contributed by atoms with van der Waals surface area (Å²) in [5, 5.41) is 10.2. The Morgan fingerprint density at radius 1 is 1.23 bits per heavy atom. The van der Waals surface area contributed by atoms with Crippen molar-refractivity contribution < 1.29 is 23.0 Å². The third-order valence-corrected chi connectivity index (χ3v) is 3.64. The van der Waals surface area contributed by atoms with Gasteiger partial charge in [-0.3, -0.25) is 0 Å². The van der Waals surface area contributed by atoms with Crippen LogP contribution in [0.25, 0.3) is 6.08 Å². The fraction of sp³-hybridized carbons (Fsp3) is 0.412. The summed E-state index contributed by atoms with van der Waals surface area (Å²) in [5.74, 6) is 0. The molecular formula is C17H19F3O2. The third kappa shape index (κ3) is 4.45. The van der Waals surface area contributed by atoms with Crippen molar-refractivity contribution in [3.05, 3.63) is 54.1 Å². The van der Waals surface area contributed by atoms with Crippen LogP contribution in [0.5, 0.6) is 0 Å². The van der Waals surface area contributed by atoms with Crippen LogP contribution in [0.4, 0.5) is 13.2 Å². The molecule has 3 atom stereocenters. The number of alkyl halides is 3. The van der Waals surface area contributed by atoms with E-state index in [1.165, 1.54) is 12.1 Å². The molecule has 5 heteroatoms. The summed E-state index contributed by atoms with van der Waals surface area (Å²) in [5.41, 5.74) is -0.864. The highest BCUT2D eigenvalue weighted by Gasteiger charge is 2.34. The normalized spacial score (nSPS) is 29.7. The summed E-state index contributed by atoms with van der Waals surface area (Å²) in [6, 6.07) is 4.91. The van der Waals surface area contributed by atoms with Crippen LogP contribution < -0.4 is 0 Å². The van der Waals surface area contributed by atoms with Crippen molar-refractivity contribution in [2.75, 3.05) is 0 Å². The second kappa shape index (κ2) is 6.26. The monoisotopic (exact) mass is 312 g/mol. The molecule has 1 aromatic carbocycles. The van der Waals surface area contributed by atoms with Crippen molar-refractivity contribution in [3.8, 4) is 0 Å². The average molecular weight is 312 g/mol. The largest absolute Gasteiger partial charge is 0.416 e. The number of hydrogen-bond donors (Lipinski definition) is 1. The first-order chi connectivity index (χ1) is 10.2. The Bertz CT molecular complexity index is 544. The number of rotatable bonds is 3. The Hall–Kier alpha value is -1.59. The van der Waals surface area contributed by atoms with Crippen LogP contribution >= 0.6 is 0 Å². The predicted molar refractivity (Wildman–Crippen MR) is 79.2 cm³/mol. The number of hydrogen-bond acceptors (Lipinski definition) is 2. The van der Waals surface area contributed by atoms with Crippen molar-refractivity contribution in [2.45, 2.75) is 43.8 Å². The summed E-state index contributed by atoms with van der Waals surface area (Å²) < 4.78 is 43.2. The van der Waals surface area contributed by atoms with Crippen LogP contribution in [0.15, 0.2) is 43.0 Å². The highest BCUT2D eigenvalue weighted by atomic mass is 19.4. The van der Waals surface area contributed by atoms with Crippen LogP contribution in [-0.2, 0) is 10.9 Å². The molecule has 0 unspecified atom stereocenters. The number of benzene rings is 1. The Kier molecular flexibility index (Phi) is 4.78. The van der Waals surface area contributed by atoms with E-state index >= 15 is 0 Å². The number of ether oxygens (including phenoxy) is 1. The second-order valence-electron chi connectivity index (χ2n) is 5.83. The van der Waals surface area contributed by atoms with Gasteiger partial charge in [-0.2, -0.15) is 13.2 Å². The summed E-state index contributed by atoms with van der Waals surface area (Å²) in [4.78, 5) is 0. The lowest BCUT2D eigenvalue weighted by molar-refractivity contribution is -0.137. The molecule has 1 aromatic rings. The highest BCUT2D eigenvalue weighted by Crippen LogP contribution is 2.31. The summed E-state index contributed by atoms with van der Waals surface area (Å²) >= 11 is 0. The minimum absolute atomic E-state index is 0.231. The summed E-state index contributed by atoms with van der Waals surface area (Å²) in [6.07, 6.45) is 1.17. The van der Waals surface area contributed by atoms with E-state index in [1.54, 1.807) is 25.2 Å². The quantitative estimate of drug-likeness (QED) is 0.848. The Labute approximate surface area is 127 Å². The van der Waals surface area contributed by atoms with E-state index in [0.29, 0.717) is 18.4 Å². The first-order valence-corrected chi connectivity index (χ1v) is 7.05. The Balaban J connectivity index is 2.06. The van der Waals surface area contributed by atoms with Crippen LogP contribution in [0, 0.1) is 0 Å². The molecule has 22 heavy (non-hydrogen) atoms. The zero-order chi connectivity index (χ0) is 16.4. The van der Waals surface area contributed by atoms with Gasteiger partial charge in [-0.1, -0.05) is 30.4 Å². The first-order valence-electron chi connectivity index (χ1n) is 7.05. The fourth-order valence-electron chi connectivity index (χ4n) is 2.52. The van der Waals surface area contributed by atoms with E-state index in [4.69, 9.17) is 4.74 Å². The van der Waals surface area contributed by atoms with Gasteiger partial charge >= 0.3 is 6.18 Å². The van der Waals surface area contributed by atoms with E-state index in [9.17, 15) is 18.3 Å². The molecule has 1 saturated heterocycles. The lowest BCUT2D eigenvalue weighted by Crippen LogP contribution is -2.41. The van der Waals surface area contributed by atoms with E-state index in [-0.39, 0.29) is 12.2 Å². The average Bonchev–Trinajstić information content (AvgIpc) is 2.43. The molecular weight excluding hydrogens is 293 g/mol. The van der Waals surface area contributed by atoms with Gasteiger partial charge in [-0.25, -0.2) is 0 Å². The van der Waals surface area contributed by atoms with Gasteiger partial charge in [0.1, 0.15) is 0 Å². The summed E-state index contributed by atoms with van der Waals surface area (Å²) in [6.45, 7) is 5.41. The van der Waals surface area contributed by atoms with E-state index < -0.39 is 17.3 Å². The molecule has 120 valence electrons. The number of aliphatic hydroxyl groups is 1. The van der Waals surface area contributed by atoms with Crippen molar-refractivity contribution in [2.24, 2.45) is 0 Å². The highest BCUT2D eigenvalue weighted by molar-refractivity contribution is 5.50. The van der Waals surface area contributed by atoms with Gasteiger partial charge in [0.25, 0.3) is 0 Å². The molecule has 1 N–H and O–H groups in total. The SMILES string of the molecule is C=C[C@H]1C[C@@](C)(O)C[C@@H](/C=C/c2ccc(C(F)(F)F)cc2)O1. The molecule has 2 nitrogen and oxygen atoms in total. The Morgan fingerprint density at radius 2 is 1.82 bits per heavy atom. The second-order valence-corrected chi connectivity index (χ2v) is 5.83. The maximum atomic E-state index is 12.5. The minimum Gasteiger partial charge on any atom is -0.390 e. The maximum absolute atomic E-state index is 12.5. The molecule has 1 aliphatic heterocycles. The molecule has 2 rings (SSSR count). The maximum Gasteiger partial charge on any atom is 0.416 e. The summed E-state index contributed by atoms with van der Waals surface area (Å²) in [7, 11) is 0. The van der Waals surface area contributed by atoms with Crippen molar-refractivity contribution in [3.63, 3.8) is 0 Å². The standard InChI is InChI=1S/C17H19F3O2/c1-3-14-10-16(2,21)11-15(22-14)9-6-12-4-7-13(8-5-12)17(18,19)20/h3-9,14-15,21H,1,10-11H2,2H3/b9-6+/t14-,15+,16+/m0/s1. The van der Waals surface area contributed by atoms with Crippen LogP contribution in [-0.4, -0.2) is 22.9 Å². The van der Waals surface area contributed by atoms with Gasteiger partial charge in [-0.05, 0) is 24.6 Å². The zero-order valence-corrected chi connectivity index (χ0v) is 12.3. The third-order valence-electron chi connectivity index (χ3n) is 3.64. The number of halogens is 3. The van der Waals surface area contributed by atoms with Crippen molar-refractivity contribution >= 4 is 6.08 Å². The lowest BCUT2D eigenvalue weighted by atomic mass is 9.88. The smallest absolute Gasteiger partial charge is 0.390 e. The van der Waals surface area contributed by atoms with Gasteiger partial charge in [0.15, 0.2) is 0 Å². The molecule has 0 saturated carbocycles. The van der Waals surface area contributed by atoms with E-state index in [0.717, 1.165) is 12.1 Å². The topological polar surface area (TPSA) is 29.5 Å². The van der Waals surface area contributed by atoms with E-state index in [2.05, 4.69) is 6.58 Å². The zero-order valence-electron chi connectivity index (χ0n) is 12.3. The molecule has 1 aliphatic rings.